The van der Waals surface area contributed by atoms with Gasteiger partial charge < -0.3 is 9.26 Å². The molecule has 2 aromatic rings. The zero-order valence-electron chi connectivity index (χ0n) is 12.6. The van der Waals surface area contributed by atoms with Crippen molar-refractivity contribution in [3.05, 3.63) is 36.2 Å². The van der Waals surface area contributed by atoms with Gasteiger partial charge in [-0.3, -0.25) is 4.90 Å². The number of benzene rings is 1. The molecule has 2 heterocycles. The predicted octanol–water partition coefficient (Wildman–Crippen LogP) is 2.88. The smallest absolute Gasteiger partial charge is 0.257 e. The molecule has 2 aliphatic rings. The van der Waals surface area contributed by atoms with Crippen molar-refractivity contribution in [2.24, 2.45) is 0 Å². The molecule has 0 bridgehead atoms. The average molecular weight is 299 g/mol. The fourth-order valence-electron chi connectivity index (χ4n) is 3.57. The van der Waals surface area contributed by atoms with E-state index in [0.717, 1.165) is 31.1 Å². The minimum Gasteiger partial charge on any atom is -0.375 e. The third-order valence-corrected chi connectivity index (χ3v) is 4.68. The van der Waals surface area contributed by atoms with E-state index in [0.29, 0.717) is 18.0 Å². The molecule has 22 heavy (non-hydrogen) atoms. The summed E-state index contributed by atoms with van der Waals surface area (Å²) in [6, 6.07) is 10.4. The zero-order valence-corrected chi connectivity index (χ0v) is 12.6. The van der Waals surface area contributed by atoms with Crippen LogP contribution in [-0.4, -0.2) is 40.3 Å². The number of hydrogen-bond acceptors (Lipinski definition) is 5. The third-order valence-electron chi connectivity index (χ3n) is 4.68. The number of fused-ring (bicyclic) bond motifs is 1. The van der Waals surface area contributed by atoms with E-state index >= 15 is 0 Å². The lowest BCUT2D eigenvalue weighted by molar-refractivity contribution is -0.0919. The molecule has 1 saturated heterocycles. The number of ether oxygens (including phenoxy) is 1. The molecule has 0 N–H and O–H groups in total. The van der Waals surface area contributed by atoms with Crippen LogP contribution >= 0.6 is 0 Å². The molecule has 1 aliphatic carbocycles. The molecule has 0 spiro atoms. The summed E-state index contributed by atoms with van der Waals surface area (Å²) < 4.78 is 11.3. The van der Waals surface area contributed by atoms with E-state index in [1.807, 2.05) is 30.3 Å². The fraction of sp³-hybridized carbons (Fsp3) is 0.529. The molecule has 1 aromatic heterocycles. The first-order valence-electron chi connectivity index (χ1n) is 8.14. The van der Waals surface area contributed by atoms with Crippen molar-refractivity contribution < 1.29 is 9.26 Å². The quantitative estimate of drug-likeness (QED) is 0.872. The van der Waals surface area contributed by atoms with Gasteiger partial charge in [0.25, 0.3) is 5.89 Å². The van der Waals surface area contributed by atoms with Crippen LogP contribution in [0.5, 0.6) is 0 Å². The standard InChI is InChI=1S/C17H21N3O2/c1-2-6-13(7-3-1)17-18-16(19-22-17)12-20-10-11-21-15-9-5-4-8-14(15)20/h1-3,6-7,14-15H,4-5,8-12H2. The maximum absolute atomic E-state index is 5.92. The molecule has 0 amide bonds. The van der Waals surface area contributed by atoms with Gasteiger partial charge in [-0.2, -0.15) is 4.98 Å². The van der Waals surface area contributed by atoms with Crippen LogP contribution in [0, 0.1) is 0 Å². The summed E-state index contributed by atoms with van der Waals surface area (Å²) in [4.78, 5) is 7.02. The van der Waals surface area contributed by atoms with Gasteiger partial charge in [0.05, 0.1) is 19.3 Å². The van der Waals surface area contributed by atoms with Gasteiger partial charge in [0.15, 0.2) is 5.82 Å². The molecule has 4 rings (SSSR count). The van der Waals surface area contributed by atoms with Gasteiger partial charge in [-0.25, -0.2) is 0 Å². The topological polar surface area (TPSA) is 51.4 Å². The maximum Gasteiger partial charge on any atom is 0.257 e. The van der Waals surface area contributed by atoms with Crippen molar-refractivity contribution in [1.82, 2.24) is 15.0 Å². The number of aromatic nitrogens is 2. The van der Waals surface area contributed by atoms with Crippen LogP contribution in [0.15, 0.2) is 34.9 Å². The van der Waals surface area contributed by atoms with Crippen LogP contribution in [0.1, 0.15) is 31.5 Å². The Labute approximate surface area is 130 Å². The Morgan fingerprint density at radius 3 is 2.91 bits per heavy atom. The van der Waals surface area contributed by atoms with E-state index in [1.165, 1.54) is 25.7 Å². The fourth-order valence-corrected chi connectivity index (χ4v) is 3.57. The van der Waals surface area contributed by atoms with Crippen LogP contribution < -0.4 is 0 Å². The van der Waals surface area contributed by atoms with E-state index in [2.05, 4.69) is 15.0 Å². The highest BCUT2D eigenvalue weighted by atomic mass is 16.5. The molecule has 5 heteroatoms. The van der Waals surface area contributed by atoms with E-state index in [1.54, 1.807) is 0 Å². The van der Waals surface area contributed by atoms with Crippen LogP contribution in [0.3, 0.4) is 0 Å². The van der Waals surface area contributed by atoms with Crippen LogP contribution in [0.4, 0.5) is 0 Å². The Kier molecular flexibility index (Phi) is 3.91. The van der Waals surface area contributed by atoms with E-state index in [4.69, 9.17) is 9.26 Å². The number of rotatable bonds is 3. The average Bonchev–Trinajstić information content (AvgIpc) is 3.05. The maximum atomic E-state index is 5.92. The van der Waals surface area contributed by atoms with E-state index < -0.39 is 0 Å². The Morgan fingerprint density at radius 2 is 2.00 bits per heavy atom. The lowest BCUT2D eigenvalue weighted by Crippen LogP contribution is -2.52. The second-order valence-corrected chi connectivity index (χ2v) is 6.11. The van der Waals surface area contributed by atoms with Gasteiger partial charge in [-0.15, -0.1) is 0 Å². The highest BCUT2D eigenvalue weighted by Crippen LogP contribution is 2.29. The SMILES string of the molecule is c1ccc(-c2nc(CN3CCOC4CCCCC43)no2)cc1. The lowest BCUT2D eigenvalue weighted by Gasteiger charge is -2.43. The lowest BCUT2D eigenvalue weighted by atomic mass is 9.90. The first kappa shape index (κ1) is 13.9. The van der Waals surface area contributed by atoms with Crippen LogP contribution in [0.25, 0.3) is 11.5 Å². The minimum atomic E-state index is 0.392. The molecule has 1 aromatic carbocycles. The van der Waals surface area contributed by atoms with Crippen molar-refractivity contribution in [1.29, 1.82) is 0 Å². The predicted molar refractivity (Wildman–Crippen MR) is 82.1 cm³/mol. The summed E-state index contributed by atoms with van der Waals surface area (Å²) in [7, 11) is 0. The Morgan fingerprint density at radius 1 is 1.14 bits per heavy atom. The number of hydrogen-bond donors (Lipinski definition) is 0. The zero-order chi connectivity index (χ0) is 14.8. The van der Waals surface area contributed by atoms with Gasteiger partial charge in [0.1, 0.15) is 0 Å². The van der Waals surface area contributed by atoms with Crippen molar-refractivity contribution in [2.45, 2.75) is 44.4 Å². The minimum absolute atomic E-state index is 0.392. The van der Waals surface area contributed by atoms with Crippen LogP contribution in [-0.2, 0) is 11.3 Å². The first-order valence-corrected chi connectivity index (χ1v) is 8.14. The summed E-state index contributed by atoms with van der Waals surface area (Å²) >= 11 is 0. The Bertz CT molecular complexity index is 611. The van der Waals surface area contributed by atoms with Crippen molar-refractivity contribution in [2.75, 3.05) is 13.2 Å². The molecule has 2 fully saturated rings. The largest absolute Gasteiger partial charge is 0.375 e. The highest BCUT2D eigenvalue weighted by Gasteiger charge is 2.34. The third kappa shape index (κ3) is 2.78. The van der Waals surface area contributed by atoms with Gasteiger partial charge in [0, 0.05) is 18.2 Å². The monoisotopic (exact) mass is 299 g/mol. The van der Waals surface area contributed by atoms with E-state index in [-0.39, 0.29) is 0 Å². The second kappa shape index (κ2) is 6.18. The molecule has 5 nitrogen and oxygen atoms in total. The summed E-state index contributed by atoms with van der Waals surface area (Å²) in [6.07, 6.45) is 5.37. The molecule has 0 radical (unpaired) electrons. The summed E-state index contributed by atoms with van der Waals surface area (Å²) in [5.41, 5.74) is 0.971. The van der Waals surface area contributed by atoms with E-state index in [9.17, 15) is 0 Å². The van der Waals surface area contributed by atoms with Gasteiger partial charge in [-0.1, -0.05) is 36.2 Å². The van der Waals surface area contributed by atoms with Gasteiger partial charge in [0.2, 0.25) is 0 Å². The Balaban J connectivity index is 1.48. The molecule has 1 aliphatic heterocycles. The normalized spacial score (nSPS) is 25.8. The van der Waals surface area contributed by atoms with Crippen LogP contribution in [0.2, 0.25) is 0 Å². The van der Waals surface area contributed by atoms with Gasteiger partial charge >= 0.3 is 0 Å². The Hall–Kier alpha value is -1.72. The summed E-state index contributed by atoms with van der Waals surface area (Å²) in [6.45, 7) is 2.52. The van der Waals surface area contributed by atoms with Gasteiger partial charge in [-0.05, 0) is 25.0 Å². The number of morpholine rings is 1. The van der Waals surface area contributed by atoms with Crippen molar-refractivity contribution in [3.63, 3.8) is 0 Å². The molecular weight excluding hydrogens is 278 g/mol. The summed E-state index contributed by atoms with van der Waals surface area (Å²) in [5.74, 6) is 1.37. The second-order valence-electron chi connectivity index (χ2n) is 6.11. The molecular formula is C17H21N3O2. The molecule has 2 atom stereocenters. The molecule has 2 unspecified atom stereocenters. The molecule has 1 saturated carbocycles. The van der Waals surface area contributed by atoms with Crippen molar-refractivity contribution in [3.8, 4) is 11.5 Å². The first-order chi connectivity index (χ1) is 10.9. The summed E-state index contributed by atoms with van der Waals surface area (Å²) in [5, 5.41) is 4.16. The van der Waals surface area contributed by atoms with Crippen molar-refractivity contribution >= 4 is 0 Å². The molecule has 116 valence electrons. The number of nitrogens with zero attached hydrogens (tertiary/aromatic N) is 3. The highest BCUT2D eigenvalue weighted by molar-refractivity contribution is 5.51.